The van der Waals surface area contributed by atoms with Crippen LogP contribution in [0.1, 0.15) is 37.6 Å². The summed E-state index contributed by atoms with van der Waals surface area (Å²) in [5.41, 5.74) is 1.63. The molecule has 8 heteroatoms. The Morgan fingerprint density at radius 1 is 1.65 bits per heavy atom. The van der Waals surface area contributed by atoms with Gasteiger partial charge in [0.2, 0.25) is 0 Å². The van der Waals surface area contributed by atoms with Gasteiger partial charge in [0.1, 0.15) is 30.6 Å². The van der Waals surface area contributed by atoms with E-state index in [-0.39, 0.29) is 35.9 Å². The van der Waals surface area contributed by atoms with Gasteiger partial charge in [0.25, 0.3) is 0 Å². The molecule has 7 nitrogen and oxygen atoms in total. The van der Waals surface area contributed by atoms with Crippen molar-refractivity contribution in [3.63, 3.8) is 0 Å². The summed E-state index contributed by atoms with van der Waals surface area (Å²) >= 11 is 6.09. The molecule has 0 radical (unpaired) electrons. The summed E-state index contributed by atoms with van der Waals surface area (Å²) in [6.07, 6.45) is 1.67. The maximum Gasteiger partial charge on any atom is 0.302 e. The van der Waals surface area contributed by atoms with E-state index >= 15 is 0 Å². The van der Waals surface area contributed by atoms with Crippen LogP contribution in [0.4, 0.5) is 0 Å². The van der Waals surface area contributed by atoms with Gasteiger partial charge >= 0.3 is 5.97 Å². The van der Waals surface area contributed by atoms with Gasteiger partial charge in [0, 0.05) is 6.92 Å². The molecule has 0 aromatic carbocycles. The van der Waals surface area contributed by atoms with Crippen LogP contribution in [0.3, 0.4) is 0 Å². The minimum Gasteiger partial charge on any atom is -0.463 e. The van der Waals surface area contributed by atoms with Crippen LogP contribution >= 0.6 is 11.6 Å². The molecule has 0 aliphatic carbocycles. The smallest absolute Gasteiger partial charge is 0.302 e. The summed E-state index contributed by atoms with van der Waals surface area (Å²) < 4.78 is 12.6. The Morgan fingerprint density at radius 3 is 3.13 bits per heavy atom. The lowest BCUT2D eigenvalue weighted by molar-refractivity contribution is -0.145. The molecule has 1 fully saturated rings. The van der Waals surface area contributed by atoms with Gasteiger partial charge in [0.05, 0.1) is 17.4 Å². The highest BCUT2D eigenvalue weighted by molar-refractivity contribution is 6.32. The van der Waals surface area contributed by atoms with Crippen LogP contribution < -0.4 is 0 Å². The number of ether oxygens (including phenoxy) is 2. The number of nitriles is 1. The molecule has 1 aliphatic rings. The first kappa shape index (κ1) is 15.7. The van der Waals surface area contributed by atoms with Gasteiger partial charge in [-0.15, -0.1) is 0 Å². The predicted octanol–water partition coefficient (Wildman–Crippen LogP) is 2.28. The molecule has 2 aromatic rings. The molecule has 2 aromatic heterocycles. The second-order valence-electron chi connectivity index (χ2n) is 5.60. The lowest BCUT2D eigenvalue weighted by Crippen LogP contribution is -2.17. The van der Waals surface area contributed by atoms with Crippen LogP contribution in [0, 0.1) is 17.2 Å². The van der Waals surface area contributed by atoms with Gasteiger partial charge < -0.3 is 9.47 Å². The van der Waals surface area contributed by atoms with Gasteiger partial charge in [0.15, 0.2) is 5.15 Å². The fourth-order valence-electron chi connectivity index (χ4n) is 2.93. The van der Waals surface area contributed by atoms with Crippen LogP contribution in [0.2, 0.25) is 5.15 Å². The number of hydrogen-bond donors (Lipinski definition) is 0. The molecule has 0 amide bonds. The van der Waals surface area contributed by atoms with Crippen molar-refractivity contribution in [1.29, 1.82) is 5.26 Å². The minimum absolute atomic E-state index is 0.174. The molecule has 0 saturated carbocycles. The number of carbonyl (C=O) groups is 1. The maximum absolute atomic E-state index is 10.9. The molecule has 3 atom stereocenters. The summed E-state index contributed by atoms with van der Waals surface area (Å²) in [6.45, 7) is 3.64. The molecule has 0 N–H and O–H groups in total. The van der Waals surface area contributed by atoms with Gasteiger partial charge in [-0.2, -0.15) is 10.4 Å². The van der Waals surface area contributed by atoms with E-state index in [2.05, 4.69) is 16.2 Å². The van der Waals surface area contributed by atoms with Crippen LogP contribution in [-0.2, 0) is 14.3 Å². The molecule has 23 heavy (non-hydrogen) atoms. The Labute approximate surface area is 137 Å². The normalized spacial score (nSPS) is 23.8. The summed E-state index contributed by atoms with van der Waals surface area (Å²) in [6, 6.07) is 3.84. The molecule has 0 unspecified atom stereocenters. The second kappa shape index (κ2) is 6.14. The van der Waals surface area contributed by atoms with E-state index in [4.69, 9.17) is 21.1 Å². The van der Waals surface area contributed by atoms with E-state index in [0.717, 1.165) is 12.1 Å². The third-order valence-electron chi connectivity index (χ3n) is 3.91. The van der Waals surface area contributed by atoms with E-state index in [1.54, 1.807) is 10.6 Å². The molecule has 1 aliphatic heterocycles. The van der Waals surface area contributed by atoms with Crippen LogP contribution in [0.5, 0.6) is 0 Å². The highest BCUT2D eigenvalue weighted by atomic mass is 35.5. The van der Waals surface area contributed by atoms with Gasteiger partial charge in [-0.1, -0.05) is 18.5 Å². The average Bonchev–Trinajstić information content (AvgIpc) is 3.06. The monoisotopic (exact) mass is 334 g/mol. The van der Waals surface area contributed by atoms with Crippen LogP contribution in [0.25, 0.3) is 5.52 Å². The summed E-state index contributed by atoms with van der Waals surface area (Å²) in [7, 11) is 0. The van der Waals surface area contributed by atoms with E-state index in [1.165, 1.54) is 13.3 Å². The fourth-order valence-corrected chi connectivity index (χ4v) is 3.16. The zero-order chi connectivity index (χ0) is 16.6. The number of rotatable bonds is 3. The molecule has 0 bridgehead atoms. The number of aromatic nitrogens is 3. The highest BCUT2D eigenvalue weighted by Crippen LogP contribution is 2.39. The van der Waals surface area contributed by atoms with Crippen molar-refractivity contribution in [1.82, 2.24) is 14.6 Å². The zero-order valence-electron chi connectivity index (χ0n) is 12.7. The number of esters is 1. The Hall–Kier alpha value is -2.17. The predicted molar refractivity (Wildman–Crippen MR) is 80.7 cm³/mol. The molecule has 3 rings (SSSR count). The Morgan fingerprint density at radius 2 is 2.43 bits per heavy atom. The van der Waals surface area contributed by atoms with E-state index in [0.29, 0.717) is 11.1 Å². The number of halogens is 1. The van der Waals surface area contributed by atoms with E-state index < -0.39 is 0 Å². The van der Waals surface area contributed by atoms with Crippen molar-refractivity contribution < 1.29 is 14.3 Å². The SMILES string of the molecule is CC(=O)OC[C@@H]1C[C@H](C)[C@H](c2cc(C#N)c3c(Cl)ncnn23)O1. The average molecular weight is 335 g/mol. The van der Waals surface area contributed by atoms with Crippen LogP contribution in [-0.4, -0.2) is 33.3 Å². The largest absolute Gasteiger partial charge is 0.463 e. The molecule has 1 saturated heterocycles. The summed E-state index contributed by atoms with van der Waals surface area (Å²) in [5.74, 6) is -0.141. The van der Waals surface area contributed by atoms with Gasteiger partial charge in [-0.3, -0.25) is 4.79 Å². The van der Waals surface area contributed by atoms with Crippen molar-refractivity contribution in [2.24, 2.45) is 5.92 Å². The highest BCUT2D eigenvalue weighted by Gasteiger charge is 2.36. The van der Waals surface area contributed by atoms with Crippen LogP contribution in [0.15, 0.2) is 12.4 Å². The Balaban J connectivity index is 1.93. The van der Waals surface area contributed by atoms with Crippen molar-refractivity contribution in [2.75, 3.05) is 6.61 Å². The summed E-state index contributed by atoms with van der Waals surface area (Å²) in [4.78, 5) is 14.9. The molecule has 3 heterocycles. The maximum atomic E-state index is 10.9. The lowest BCUT2D eigenvalue weighted by atomic mass is 9.99. The minimum atomic E-state index is -0.330. The summed E-state index contributed by atoms with van der Waals surface area (Å²) in [5, 5.41) is 13.7. The standard InChI is InChI=1S/C15H15ClN4O3/c1-8-3-11(6-22-9(2)21)23-14(8)12-4-10(5-17)13-15(16)18-7-19-20(12)13/h4,7-8,11,14H,3,6H2,1-2H3/t8-,11-,14+/m0/s1. The van der Waals surface area contributed by atoms with Crippen molar-refractivity contribution in [3.8, 4) is 6.07 Å². The first-order valence-electron chi connectivity index (χ1n) is 7.22. The molecular formula is C15H15ClN4O3. The Kier molecular flexibility index (Phi) is 4.20. The van der Waals surface area contributed by atoms with Gasteiger partial charge in [-0.25, -0.2) is 9.50 Å². The van der Waals surface area contributed by atoms with Crippen molar-refractivity contribution >= 4 is 23.1 Å². The quantitative estimate of drug-likeness (QED) is 0.800. The van der Waals surface area contributed by atoms with Crippen molar-refractivity contribution in [2.45, 2.75) is 32.5 Å². The number of fused-ring (bicyclic) bond motifs is 1. The third kappa shape index (κ3) is 2.87. The second-order valence-corrected chi connectivity index (χ2v) is 5.96. The zero-order valence-corrected chi connectivity index (χ0v) is 13.4. The molecule has 0 spiro atoms. The first-order valence-corrected chi connectivity index (χ1v) is 7.60. The Bertz CT molecular complexity index is 798. The van der Waals surface area contributed by atoms with E-state index in [9.17, 15) is 10.1 Å². The fraction of sp³-hybridized carbons (Fsp3) is 0.467. The van der Waals surface area contributed by atoms with Crippen molar-refractivity contribution in [3.05, 3.63) is 28.8 Å². The van der Waals surface area contributed by atoms with Gasteiger partial charge in [-0.05, 0) is 18.4 Å². The number of nitrogens with zero attached hydrogens (tertiary/aromatic N) is 4. The topological polar surface area (TPSA) is 89.5 Å². The number of carbonyl (C=O) groups excluding carboxylic acids is 1. The third-order valence-corrected chi connectivity index (χ3v) is 4.19. The first-order chi connectivity index (χ1) is 11.0. The number of hydrogen-bond acceptors (Lipinski definition) is 6. The molecular weight excluding hydrogens is 320 g/mol. The van der Waals surface area contributed by atoms with E-state index in [1.807, 2.05) is 6.92 Å². The lowest BCUT2D eigenvalue weighted by Gasteiger charge is -2.15. The molecule has 120 valence electrons.